The molecule has 1 N–H and O–H groups in total. The third kappa shape index (κ3) is 3.81. The van der Waals surface area contributed by atoms with Crippen molar-refractivity contribution >= 4 is 24.4 Å². The minimum atomic E-state index is -0.525. The van der Waals surface area contributed by atoms with E-state index >= 15 is 0 Å². The number of halogens is 1. The van der Waals surface area contributed by atoms with E-state index in [0.717, 1.165) is 36.0 Å². The summed E-state index contributed by atoms with van der Waals surface area (Å²) in [7, 11) is 0.871. The summed E-state index contributed by atoms with van der Waals surface area (Å²) < 4.78 is 32.2. The minimum absolute atomic E-state index is 0.0612. The summed E-state index contributed by atoms with van der Waals surface area (Å²) in [6.07, 6.45) is 5.52. The molecule has 2 aromatic rings. The number of ether oxygens (including phenoxy) is 1. The van der Waals surface area contributed by atoms with Crippen LogP contribution in [0.2, 0.25) is 0 Å². The molecule has 0 spiro atoms. The average Bonchev–Trinajstić information content (AvgIpc) is 3.40. The van der Waals surface area contributed by atoms with E-state index in [4.69, 9.17) is 14.0 Å². The van der Waals surface area contributed by atoms with E-state index in [2.05, 4.69) is 15.3 Å². The lowest BCUT2D eigenvalue weighted by Crippen LogP contribution is -2.41. The van der Waals surface area contributed by atoms with Gasteiger partial charge in [0.1, 0.15) is 11.6 Å². The number of methoxy groups -OCH3 is 1. The molecular formula is C24H29BFN3O4. The van der Waals surface area contributed by atoms with Crippen LogP contribution in [0.5, 0.6) is 0 Å². The summed E-state index contributed by atoms with van der Waals surface area (Å²) in [5.74, 6) is 0.0503. The fourth-order valence-electron chi connectivity index (χ4n) is 4.79. The van der Waals surface area contributed by atoms with Crippen molar-refractivity contribution < 1.29 is 23.2 Å². The molecule has 1 saturated carbocycles. The number of benzene rings is 1. The number of nitrogens with zero attached hydrogens (tertiary/aromatic N) is 2. The number of fused-ring (bicyclic) bond motifs is 1. The Bertz CT molecular complexity index is 1080. The lowest BCUT2D eigenvalue weighted by atomic mass is 9.75. The monoisotopic (exact) mass is 453 g/mol. The van der Waals surface area contributed by atoms with Crippen molar-refractivity contribution in [2.75, 3.05) is 12.4 Å². The number of hydrogen-bond acceptors (Lipinski definition) is 7. The normalized spacial score (nSPS) is 26.7. The molecular weight excluding hydrogens is 424 g/mol. The van der Waals surface area contributed by atoms with Gasteiger partial charge in [0.05, 0.1) is 48.4 Å². The first-order valence-corrected chi connectivity index (χ1v) is 11.4. The first-order chi connectivity index (χ1) is 15.6. The smallest absolute Gasteiger partial charge is 0.469 e. The number of anilines is 1. The van der Waals surface area contributed by atoms with Gasteiger partial charge in [-0.25, -0.2) is 9.37 Å². The number of nitrogens with one attached hydrogen (secondary N) is 1. The summed E-state index contributed by atoms with van der Waals surface area (Å²) in [4.78, 5) is 20.6. The van der Waals surface area contributed by atoms with Gasteiger partial charge in [-0.05, 0) is 64.1 Å². The Labute approximate surface area is 193 Å². The molecule has 1 aliphatic heterocycles. The Morgan fingerprint density at radius 3 is 2.55 bits per heavy atom. The second-order valence-corrected chi connectivity index (χ2v) is 10.2. The second kappa shape index (κ2) is 7.77. The van der Waals surface area contributed by atoms with Gasteiger partial charge in [0.25, 0.3) is 0 Å². The fraction of sp³-hybridized carbons (Fsp3) is 0.542. The zero-order valence-electron chi connectivity index (χ0n) is 19.6. The van der Waals surface area contributed by atoms with Crippen LogP contribution in [0.25, 0.3) is 0 Å². The van der Waals surface area contributed by atoms with Crippen molar-refractivity contribution in [3.8, 4) is 0 Å². The van der Waals surface area contributed by atoms with Crippen LogP contribution >= 0.6 is 0 Å². The number of aromatic nitrogens is 2. The SMILES string of the molecule is COC(=O)[C@@H]1C[C@H]1c1cnc(N[C@@H]2CCc3c(B4OC(C)(C)C(C)(C)O4)ccc(F)c32)cn1. The Balaban J connectivity index is 1.33. The highest BCUT2D eigenvalue weighted by molar-refractivity contribution is 6.62. The molecule has 2 heterocycles. The largest absolute Gasteiger partial charge is 0.495 e. The van der Waals surface area contributed by atoms with Crippen molar-refractivity contribution in [3.05, 3.63) is 47.2 Å². The molecule has 0 amide bonds. The molecule has 1 saturated heterocycles. The molecule has 0 bridgehead atoms. The molecule has 2 fully saturated rings. The summed E-state index contributed by atoms with van der Waals surface area (Å²) in [5.41, 5.74) is 2.33. The van der Waals surface area contributed by atoms with Gasteiger partial charge in [-0.2, -0.15) is 0 Å². The van der Waals surface area contributed by atoms with E-state index in [1.54, 1.807) is 18.5 Å². The van der Waals surface area contributed by atoms with Crippen LogP contribution in [0.4, 0.5) is 10.2 Å². The van der Waals surface area contributed by atoms with Crippen LogP contribution < -0.4 is 10.8 Å². The molecule has 2 aliphatic carbocycles. The van der Waals surface area contributed by atoms with E-state index in [0.29, 0.717) is 11.4 Å². The van der Waals surface area contributed by atoms with Gasteiger partial charge in [-0.3, -0.25) is 9.78 Å². The molecule has 3 atom stereocenters. The van der Waals surface area contributed by atoms with Crippen LogP contribution in [0.3, 0.4) is 0 Å². The maximum Gasteiger partial charge on any atom is 0.495 e. The second-order valence-electron chi connectivity index (χ2n) is 10.2. The summed E-state index contributed by atoms with van der Waals surface area (Å²) in [6.45, 7) is 8.05. The highest BCUT2D eigenvalue weighted by Gasteiger charge is 2.53. The topological polar surface area (TPSA) is 82.6 Å². The third-order valence-electron chi connectivity index (χ3n) is 7.55. The van der Waals surface area contributed by atoms with Crippen LogP contribution in [0, 0.1) is 11.7 Å². The Kier molecular flexibility index (Phi) is 5.25. The molecule has 0 radical (unpaired) electrons. The zero-order valence-corrected chi connectivity index (χ0v) is 19.6. The van der Waals surface area contributed by atoms with E-state index in [1.807, 2.05) is 27.7 Å². The highest BCUT2D eigenvalue weighted by atomic mass is 19.1. The highest BCUT2D eigenvalue weighted by Crippen LogP contribution is 2.47. The molecule has 3 aliphatic rings. The third-order valence-corrected chi connectivity index (χ3v) is 7.55. The van der Waals surface area contributed by atoms with Gasteiger partial charge < -0.3 is 19.4 Å². The molecule has 7 nitrogen and oxygen atoms in total. The number of rotatable bonds is 5. The van der Waals surface area contributed by atoms with E-state index in [1.165, 1.54) is 13.2 Å². The molecule has 1 aromatic carbocycles. The standard InChI is InChI=1S/C24H29BFN3O4/c1-23(2)24(3,4)33-25(32-23)16-7-8-17(26)21-13(16)6-9-18(21)29-20-12-27-19(11-28-20)14-10-15(14)22(30)31-5/h7-8,11-12,14-15,18H,6,9-10H2,1-5H3,(H,28,29)/t14-,15-,18-/m1/s1. The first-order valence-electron chi connectivity index (χ1n) is 11.4. The van der Waals surface area contributed by atoms with Crippen LogP contribution in [-0.4, -0.2) is 41.4 Å². The first kappa shape index (κ1) is 22.3. The van der Waals surface area contributed by atoms with E-state index in [9.17, 15) is 9.18 Å². The van der Waals surface area contributed by atoms with Crippen molar-refractivity contribution in [1.82, 2.24) is 9.97 Å². The van der Waals surface area contributed by atoms with Crippen molar-refractivity contribution in [2.45, 2.75) is 70.1 Å². The quantitative estimate of drug-likeness (QED) is 0.550. The molecule has 0 unspecified atom stereocenters. The lowest BCUT2D eigenvalue weighted by molar-refractivity contribution is -0.142. The summed E-state index contributed by atoms with van der Waals surface area (Å²) in [5, 5.41) is 3.33. The summed E-state index contributed by atoms with van der Waals surface area (Å²) in [6, 6.07) is 3.06. The maximum atomic E-state index is 14.9. The summed E-state index contributed by atoms with van der Waals surface area (Å²) >= 11 is 0. The zero-order chi connectivity index (χ0) is 23.5. The van der Waals surface area contributed by atoms with Gasteiger partial charge in [-0.15, -0.1) is 0 Å². The van der Waals surface area contributed by atoms with Gasteiger partial charge in [-0.1, -0.05) is 6.07 Å². The van der Waals surface area contributed by atoms with Crippen LogP contribution in [-0.2, 0) is 25.3 Å². The van der Waals surface area contributed by atoms with Crippen LogP contribution in [0.15, 0.2) is 24.5 Å². The predicted octanol–water partition coefficient (Wildman–Crippen LogP) is 3.29. The van der Waals surface area contributed by atoms with Gasteiger partial charge in [0.15, 0.2) is 0 Å². The molecule has 1 aromatic heterocycles. The number of carbonyl (C=O) groups excluding carboxylic acids is 1. The van der Waals surface area contributed by atoms with Crippen molar-refractivity contribution in [2.24, 2.45) is 5.92 Å². The Morgan fingerprint density at radius 2 is 1.91 bits per heavy atom. The van der Waals surface area contributed by atoms with E-state index in [-0.39, 0.29) is 29.7 Å². The van der Waals surface area contributed by atoms with Crippen LogP contribution in [0.1, 0.15) is 69.3 Å². The molecule has 33 heavy (non-hydrogen) atoms. The Morgan fingerprint density at radius 1 is 1.18 bits per heavy atom. The lowest BCUT2D eigenvalue weighted by Gasteiger charge is -2.32. The number of hydrogen-bond donors (Lipinski definition) is 1. The number of esters is 1. The molecule has 9 heteroatoms. The Hall–Kier alpha value is -2.52. The maximum absolute atomic E-state index is 14.9. The van der Waals surface area contributed by atoms with E-state index < -0.39 is 18.3 Å². The minimum Gasteiger partial charge on any atom is -0.469 e. The van der Waals surface area contributed by atoms with Gasteiger partial charge in [0, 0.05) is 11.5 Å². The molecule has 174 valence electrons. The number of carbonyl (C=O) groups is 1. The predicted molar refractivity (Wildman–Crippen MR) is 122 cm³/mol. The van der Waals surface area contributed by atoms with Crippen molar-refractivity contribution in [3.63, 3.8) is 0 Å². The van der Waals surface area contributed by atoms with Gasteiger partial charge in [0.2, 0.25) is 0 Å². The van der Waals surface area contributed by atoms with Crippen molar-refractivity contribution in [1.29, 1.82) is 0 Å². The van der Waals surface area contributed by atoms with Gasteiger partial charge >= 0.3 is 13.1 Å². The molecule has 5 rings (SSSR count). The fourth-order valence-corrected chi connectivity index (χ4v) is 4.79. The average molecular weight is 453 g/mol.